The molecule has 0 saturated heterocycles. The fraction of sp³-hybridized carbons (Fsp3) is 0.787. The van der Waals surface area contributed by atoms with Crippen LogP contribution in [0.2, 0.25) is 0 Å². The molecule has 0 aromatic rings. The minimum Gasteiger partial charge on any atom is -0.462 e. The van der Waals surface area contributed by atoms with Gasteiger partial charge in [-0.05, 0) is 96.3 Å². The number of unbranched alkanes of at least 4 members (excludes halogenated alkanes) is 31. The molecule has 0 bridgehead atoms. The summed E-state index contributed by atoms with van der Waals surface area (Å²) in [7, 11) is 0. The van der Waals surface area contributed by atoms with E-state index in [4.69, 9.17) is 14.2 Å². The Balaban J connectivity index is 4.37. The summed E-state index contributed by atoms with van der Waals surface area (Å²) in [5.74, 6) is -0.949. The fourth-order valence-electron chi connectivity index (χ4n) is 8.08. The van der Waals surface area contributed by atoms with Crippen molar-refractivity contribution in [1.82, 2.24) is 0 Å². The number of carbonyl (C=O) groups excluding carboxylic acids is 3. The second-order valence-corrected chi connectivity index (χ2v) is 19.2. The lowest BCUT2D eigenvalue weighted by molar-refractivity contribution is -0.167. The first kappa shape index (κ1) is 64.1. The zero-order valence-electron chi connectivity index (χ0n) is 44.4. The molecule has 0 unspecified atom stereocenters. The maximum Gasteiger partial charge on any atom is 0.306 e. The van der Waals surface area contributed by atoms with Gasteiger partial charge < -0.3 is 14.2 Å². The van der Waals surface area contributed by atoms with E-state index in [-0.39, 0.29) is 37.5 Å². The summed E-state index contributed by atoms with van der Waals surface area (Å²) in [6.07, 6.45) is 69.4. The van der Waals surface area contributed by atoms with Crippen LogP contribution in [0.4, 0.5) is 0 Å². The Morgan fingerprint density at radius 2 is 0.567 bits per heavy atom. The van der Waals surface area contributed by atoms with Crippen molar-refractivity contribution < 1.29 is 28.6 Å². The minimum atomic E-state index is -0.797. The number of allylic oxidation sites excluding steroid dienone is 10. The number of carbonyl (C=O) groups is 3. The van der Waals surface area contributed by atoms with Crippen molar-refractivity contribution in [2.24, 2.45) is 0 Å². The molecule has 6 nitrogen and oxygen atoms in total. The lowest BCUT2D eigenvalue weighted by Gasteiger charge is -2.18. The molecule has 0 heterocycles. The van der Waals surface area contributed by atoms with Crippen LogP contribution in [0.5, 0.6) is 0 Å². The molecule has 0 aliphatic rings. The summed E-state index contributed by atoms with van der Waals surface area (Å²) in [6, 6.07) is 0. The van der Waals surface area contributed by atoms with Crippen LogP contribution in [0.3, 0.4) is 0 Å². The van der Waals surface area contributed by atoms with E-state index in [9.17, 15) is 14.4 Å². The maximum absolute atomic E-state index is 12.8. The highest BCUT2D eigenvalue weighted by atomic mass is 16.6. The monoisotopic (exact) mass is 937 g/mol. The van der Waals surface area contributed by atoms with Crippen LogP contribution in [0.15, 0.2) is 60.8 Å². The number of hydrogen-bond donors (Lipinski definition) is 0. The largest absolute Gasteiger partial charge is 0.462 e. The summed E-state index contributed by atoms with van der Waals surface area (Å²) in [5.41, 5.74) is 0. The summed E-state index contributed by atoms with van der Waals surface area (Å²) < 4.78 is 16.8. The Labute approximate surface area is 415 Å². The van der Waals surface area contributed by atoms with Crippen molar-refractivity contribution in [2.45, 2.75) is 297 Å². The van der Waals surface area contributed by atoms with E-state index >= 15 is 0 Å². The molecule has 0 amide bonds. The number of rotatable bonds is 52. The molecule has 1 atom stereocenters. The number of esters is 3. The van der Waals surface area contributed by atoms with Gasteiger partial charge in [-0.2, -0.15) is 0 Å². The van der Waals surface area contributed by atoms with E-state index in [0.717, 1.165) is 64.2 Å². The van der Waals surface area contributed by atoms with Gasteiger partial charge in [0.1, 0.15) is 13.2 Å². The van der Waals surface area contributed by atoms with Crippen LogP contribution in [0.1, 0.15) is 290 Å². The molecule has 0 spiro atoms. The summed E-state index contributed by atoms with van der Waals surface area (Å²) >= 11 is 0. The van der Waals surface area contributed by atoms with Crippen LogP contribution in [0, 0.1) is 0 Å². The van der Waals surface area contributed by atoms with Gasteiger partial charge in [0, 0.05) is 19.3 Å². The lowest BCUT2D eigenvalue weighted by Crippen LogP contribution is -2.30. The SMILES string of the molecule is CCCC/C=C\CCCCCCCC(=O)OC[C@@H](COC(=O)CCC/C=C\C/C=C\C/C=C\CCCCCCCC)OC(=O)CCCCCCCCCCCCC/C=C\CCCCCCCC. The van der Waals surface area contributed by atoms with Crippen LogP contribution in [-0.2, 0) is 28.6 Å². The third-order valence-corrected chi connectivity index (χ3v) is 12.5. The molecule has 6 heteroatoms. The van der Waals surface area contributed by atoms with Gasteiger partial charge in [0.2, 0.25) is 0 Å². The molecule has 67 heavy (non-hydrogen) atoms. The predicted molar refractivity (Wildman–Crippen MR) is 288 cm³/mol. The van der Waals surface area contributed by atoms with Crippen molar-refractivity contribution >= 4 is 17.9 Å². The number of ether oxygens (including phenoxy) is 3. The average molecular weight is 938 g/mol. The highest BCUT2D eigenvalue weighted by Gasteiger charge is 2.19. The highest BCUT2D eigenvalue weighted by Crippen LogP contribution is 2.15. The Hall–Kier alpha value is -2.89. The van der Waals surface area contributed by atoms with Gasteiger partial charge in [0.25, 0.3) is 0 Å². The molecule has 0 aliphatic carbocycles. The number of hydrogen-bond acceptors (Lipinski definition) is 6. The maximum atomic E-state index is 12.8. The van der Waals surface area contributed by atoms with E-state index in [0.29, 0.717) is 19.3 Å². The molecule has 0 aromatic carbocycles. The van der Waals surface area contributed by atoms with Crippen LogP contribution in [-0.4, -0.2) is 37.2 Å². The van der Waals surface area contributed by atoms with E-state index < -0.39 is 6.10 Å². The Morgan fingerprint density at radius 1 is 0.299 bits per heavy atom. The van der Waals surface area contributed by atoms with Crippen molar-refractivity contribution in [3.05, 3.63) is 60.8 Å². The van der Waals surface area contributed by atoms with Crippen LogP contribution >= 0.6 is 0 Å². The van der Waals surface area contributed by atoms with E-state index in [1.165, 1.54) is 180 Å². The van der Waals surface area contributed by atoms with Crippen molar-refractivity contribution in [3.63, 3.8) is 0 Å². The normalized spacial score (nSPS) is 12.5. The summed E-state index contributed by atoms with van der Waals surface area (Å²) in [4.78, 5) is 38.1. The van der Waals surface area contributed by atoms with Crippen molar-refractivity contribution in [3.8, 4) is 0 Å². The Kier molecular flexibility index (Phi) is 53.3. The van der Waals surface area contributed by atoms with E-state index in [1.54, 1.807) is 0 Å². The predicted octanol–water partition coefficient (Wildman–Crippen LogP) is 19.2. The first-order valence-corrected chi connectivity index (χ1v) is 28.8. The second kappa shape index (κ2) is 55.7. The van der Waals surface area contributed by atoms with Gasteiger partial charge >= 0.3 is 17.9 Å². The molecule has 0 aromatic heterocycles. The molecule has 0 rings (SSSR count). The first-order valence-electron chi connectivity index (χ1n) is 28.8. The van der Waals surface area contributed by atoms with Gasteiger partial charge in [-0.25, -0.2) is 0 Å². The Bertz CT molecular complexity index is 1210. The minimum absolute atomic E-state index is 0.0935. The molecular formula is C61H108O6. The Morgan fingerprint density at radius 3 is 0.955 bits per heavy atom. The average Bonchev–Trinajstić information content (AvgIpc) is 3.33. The molecule has 0 aliphatic heterocycles. The molecular weight excluding hydrogens is 829 g/mol. The van der Waals surface area contributed by atoms with Crippen molar-refractivity contribution in [1.29, 1.82) is 0 Å². The molecule has 388 valence electrons. The van der Waals surface area contributed by atoms with E-state index in [2.05, 4.69) is 81.5 Å². The molecule has 0 radical (unpaired) electrons. The fourth-order valence-corrected chi connectivity index (χ4v) is 8.08. The smallest absolute Gasteiger partial charge is 0.306 e. The van der Waals surface area contributed by atoms with Crippen LogP contribution < -0.4 is 0 Å². The molecule has 0 fully saturated rings. The molecule has 0 N–H and O–H groups in total. The topological polar surface area (TPSA) is 78.9 Å². The second-order valence-electron chi connectivity index (χ2n) is 19.2. The standard InChI is InChI=1S/C61H108O6/c1-4-7-10-13-16-19-22-24-26-28-29-30-31-33-35-37-40-43-46-49-52-55-61(64)67-58(56-65-59(62)53-50-47-44-41-38-21-18-15-12-9-6-3)57-66-60(63)54-51-48-45-42-39-36-34-32-27-25-23-20-17-14-11-8-5-2/h15,18,24-27,34,36,42,45,58H,4-14,16-17,19-23,28-33,35,37-41,43-44,46-57H2,1-3H3/b18-15-,26-24-,27-25-,36-34-,45-42-/t58-/m0/s1. The van der Waals surface area contributed by atoms with Gasteiger partial charge in [0.05, 0.1) is 0 Å². The van der Waals surface area contributed by atoms with Gasteiger partial charge in [-0.15, -0.1) is 0 Å². The quantitative estimate of drug-likeness (QED) is 0.0262. The molecule has 0 saturated carbocycles. The van der Waals surface area contributed by atoms with Gasteiger partial charge in [-0.1, -0.05) is 236 Å². The van der Waals surface area contributed by atoms with Gasteiger partial charge in [-0.3, -0.25) is 14.4 Å². The van der Waals surface area contributed by atoms with Crippen molar-refractivity contribution in [2.75, 3.05) is 13.2 Å². The zero-order valence-corrected chi connectivity index (χ0v) is 44.4. The van der Waals surface area contributed by atoms with Crippen LogP contribution in [0.25, 0.3) is 0 Å². The first-order chi connectivity index (χ1) is 33.0. The summed E-state index contributed by atoms with van der Waals surface area (Å²) in [6.45, 7) is 6.56. The van der Waals surface area contributed by atoms with E-state index in [1.807, 2.05) is 0 Å². The van der Waals surface area contributed by atoms with Gasteiger partial charge in [0.15, 0.2) is 6.10 Å². The zero-order chi connectivity index (χ0) is 48.6. The highest BCUT2D eigenvalue weighted by molar-refractivity contribution is 5.71. The third kappa shape index (κ3) is 53.9. The summed E-state index contributed by atoms with van der Waals surface area (Å²) in [5, 5.41) is 0. The third-order valence-electron chi connectivity index (χ3n) is 12.5. The lowest BCUT2D eigenvalue weighted by atomic mass is 10.0.